The average molecular weight is 405 g/mol. The van der Waals surface area contributed by atoms with Crippen LogP contribution in [0.3, 0.4) is 0 Å². The molecule has 4 rings (SSSR count). The van der Waals surface area contributed by atoms with E-state index >= 15 is 0 Å². The minimum atomic E-state index is -0.274. The zero-order valence-electron chi connectivity index (χ0n) is 16.0. The van der Waals surface area contributed by atoms with Crippen LogP contribution in [0.5, 0.6) is 0 Å². The van der Waals surface area contributed by atoms with Gasteiger partial charge >= 0.3 is 0 Å². The molecule has 0 fully saturated rings. The summed E-state index contributed by atoms with van der Waals surface area (Å²) in [7, 11) is 1.86. The molecule has 4 aromatic rings. The third-order valence-corrected chi connectivity index (χ3v) is 5.74. The topological polar surface area (TPSA) is 39.8 Å². The van der Waals surface area contributed by atoms with Gasteiger partial charge in [0.05, 0.1) is 0 Å². The zero-order chi connectivity index (χ0) is 20.4. The van der Waals surface area contributed by atoms with E-state index in [0.717, 1.165) is 16.7 Å². The molecule has 0 bridgehead atoms. The highest BCUT2D eigenvalue weighted by molar-refractivity contribution is 7.98. The van der Waals surface area contributed by atoms with Crippen molar-refractivity contribution in [3.63, 3.8) is 0 Å². The van der Waals surface area contributed by atoms with Crippen molar-refractivity contribution in [3.05, 3.63) is 95.2 Å². The van der Waals surface area contributed by atoms with Crippen LogP contribution in [0.4, 0.5) is 4.39 Å². The number of aryl methyl sites for hydroxylation is 1. The molecular formula is C23H20FN3OS. The normalized spacial score (nSPS) is 11.1. The highest BCUT2D eigenvalue weighted by Crippen LogP contribution is 2.30. The van der Waals surface area contributed by atoms with Crippen LogP contribution in [0.25, 0.3) is 22.2 Å². The third-order valence-electron chi connectivity index (χ3n) is 4.69. The lowest BCUT2D eigenvalue weighted by atomic mass is 10.1. The molecular weight excluding hydrogens is 385 g/mol. The summed E-state index contributed by atoms with van der Waals surface area (Å²) in [5.41, 5.74) is 3.88. The molecule has 0 amide bonds. The summed E-state index contributed by atoms with van der Waals surface area (Å²) in [6.45, 7) is 4.13. The molecule has 29 heavy (non-hydrogen) atoms. The van der Waals surface area contributed by atoms with Crippen molar-refractivity contribution in [3.8, 4) is 11.1 Å². The SMILES string of the molecule is C=CCn1c(SCc2cccc(F)c2)nc2c(-c3ccccc3)cn(C)c2c1=O. The highest BCUT2D eigenvalue weighted by atomic mass is 32.2. The van der Waals surface area contributed by atoms with Gasteiger partial charge in [0.1, 0.15) is 16.9 Å². The van der Waals surface area contributed by atoms with E-state index in [2.05, 4.69) is 6.58 Å². The van der Waals surface area contributed by atoms with Crippen molar-refractivity contribution in [2.24, 2.45) is 7.05 Å². The molecule has 0 saturated heterocycles. The summed E-state index contributed by atoms with van der Waals surface area (Å²) >= 11 is 1.42. The molecule has 6 heteroatoms. The Bertz CT molecular complexity index is 1240. The molecule has 0 spiro atoms. The van der Waals surface area contributed by atoms with Crippen LogP contribution in [0.2, 0.25) is 0 Å². The van der Waals surface area contributed by atoms with Crippen LogP contribution in [0.1, 0.15) is 5.56 Å². The number of rotatable bonds is 6. The second-order valence-corrected chi connectivity index (χ2v) is 7.68. The molecule has 0 atom stereocenters. The summed E-state index contributed by atoms with van der Waals surface area (Å²) < 4.78 is 17.0. The van der Waals surface area contributed by atoms with Gasteiger partial charge < -0.3 is 4.57 Å². The first-order valence-electron chi connectivity index (χ1n) is 9.22. The second kappa shape index (κ2) is 8.09. The Hall–Kier alpha value is -3.12. The molecule has 0 saturated carbocycles. The van der Waals surface area contributed by atoms with Crippen molar-refractivity contribution >= 4 is 22.8 Å². The number of thioether (sulfide) groups is 1. The first kappa shape index (κ1) is 19.2. The third kappa shape index (κ3) is 3.76. The molecule has 0 N–H and O–H groups in total. The minimum Gasteiger partial charge on any atom is -0.344 e. The standard InChI is InChI=1S/C23H20FN3OS/c1-3-12-27-22(28)21-20(19(14-26(21)2)17-9-5-4-6-10-17)25-23(27)29-15-16-8-7-11-18(24)13-16/h3-11,13-14H,1,12,15H2,2H3. The molecule has 4 nitrogen and oxygen atoms in total. The van der Waals surface area contributed by atoms with Crippen LogP contribution < -0.4 is 5.56 Å². The van der Waals surface area contributed by atoms with E-state index < -0.39 is 0 Å². The summed E-state index contributed by atoms with van der Waals surface area (Å²) in [6.07, 6.45) is 3.62. The Morgan fingerprint density at radius 2 is 1.97 bits per heavy atom. The number of nitrogens with zero attached hydrogens (tertiary/aromatic N) is 3. The van der Waals surface area contributed by atoms with Crippen LogP contribution in [-0.4, -0.2) is 14.1 Å². The summed E-state index contributed by atoms with van der Waals surface area (Å²) in [5.74, 6) is 0.241. The van der Waals surface area contributed by atoms with E-state index in [1.54, 1.807) is 16.7 Å². The average Bonchev–Trinajstić information content (AvgIpc) is 3.06. The van der Waals surface area contributed by atoms with Gasteiger partial charge in [0.25, 0.3) is 5.56 Å². The molecule has 0 aliphatic heterocycles. The molecule has 0 unspecified atom stereocenters. The van der Waals surface area contributed by atoms with E-state index in [1.165, 1.54) is 23.9 Å². The molecule has 0 aliphatic carbocycles. The Kier molecular flexibility index (Phi) is 5.36. The molecule has 0 radical (unpaired) electrons. The van der Waals surface area contributed by atoms with Crippen LogP contribution in [0.15, 0.2) is 83.4 Å². The predicted molar refractivity (Wildman–Crippen MR) is 117 cm³/mol. The smallest absolute Gasteiger partial charge is 0.279 e. The highest BCUT2D eigenvalue weighted by Gasteiger charge is 2.18. The fourth-order valence-electron chi connectivity index (χ4n) is 3.35. The number of hydrogen-bond acceptors (Lipinski definition) is 3. The lowest BCUT2D eigenvalue weighted by molar-refractivity contribution is 0.626. The zero-order valence-corrected chi connectivity index (χ0v) is 16.8. The van der Waals surface area contributed by atoms with Crippen molar-refractivity contribution < 1.29 is 4.39 Å². The molecule has 2 heterocycles. The van der Waals surface area contributed by atoms with Crippen LogP contribution >= 0.6 is 11.8 Å². The quantitative estimate of drug-likeness (QED) is 0.257. The van der Waals surface area contributed by atoms with Crippen LogP contribution in [-0.2, 0) is 19.3 Å². The fourth-order valence-corrected chi connectivity index (χ4v) is 4.30. The number of benzene rings is 2. The number of aromatic nitrogens is 3. The molecule has 0 aliphatic rings. The van der Waals surface area contributed by atoms with E-state index in [-0.39, 0.29) is 11.4 Å². The Balaban J connectivity index is 1.85. The summed E-state index contributed by atoms with van der Waals surface area (Å²) in [4.78, 5) is 18.1. The van der Waals surface area contributed by atoms with E-state index in [1.807, 2.05) is 54.2 Å². The maximum Gasteiger partial charge on any atom is 0.279 e. The van der Waals surface area contributed by atoms with E-state index in [9.17, 15) is 9.18 Å². The molecule has 2 aromatic heterocycles. The monoisotopic (exact) mass is 405 g/mol. The van der Waals surface area contributed by atoms with Gasteiger partial charge in [-0.3, -0.25) is 9.36 Å². The van der Waals surface area contributed by atoms with Gasteiger partial charge in [-0.2, -0.15) is 0 Å². The first-order valence-corrected chi connectivity index (χ1v) is 10.2. The molecule has 2 aromatic carbocycles. The maximum atomic E-state index is 13.5. The van der Waals surface area contributed by atoms with E-state index in [4.69, 9.17) is 4.98 Å². The lowest BCUT2D eigenvalue weighted by Crippen LogP contribution is -2.24. The van der Waals surface area contributed by atoms with Crippen molar-refractivity contribution in [2.45, 2.75) is 17.5 Å². The van der Waals surface area contributed by atoms with Crippen molar-refractivity contribution in [2.75, 3.05) is 0 Å². The Morgan fingerprint density at radius 1 is 1.17 bits per heavy atom. The second-order valence-electron chi connectivity index (χ2n) is 6.73. The fraction of sp³-hybridized carbons (Fsp3) is 0.130. The van der Waals surface area contributed by atoms with E-state index in [0.29, 0.717) is 28.5 Å². The Morgan fingerprint density at radius 3 is 2.69 bits per heavy atom. The minimum absolute atomic E-state index is 0.110. The number of hydrogen-bond donors (Lipinski definition) is 0. The summed E-state index contributed by atoms with van der Waals surface area (Å²) in [5, 5.41) is 0.593. The van der Waals surface area contributed by atoms with Crippen molar-refractivity contribution in [1.29, 1.82) is 0 Å². The number of allylic oxidation sites excluding steroid dienone is 1. The number of fused-ring (bicyclic) bond motifs is 1. The van der Waals surface area contributed by atoms with Crippen molar-refractivity contribution in [1.82, 2.24) is 14.1 Å². The number of halogens is 1. The van der Waals surface area contributed by atoms with Gasteiger partial charge in [0.15, 0.2) is 5.16 Å². The van der Waals surface area contributed by atoms with Gasteiger partial charge in [0, 0.05) is 31.1 Å². The lowest BCUT2D eigenvalue weighted by Gasteiger charge is -2.11. The van der Waals surface area contributed by atoms with Gasteiger partial charge in [-0.25, -0.2) is 9.37 Å². The largest absolute Gasteiger partial charge is 0.344 e. The van der Waals surface area contributed by atoms with Crippen LogP contribution in [0, 0.1) is 5.82 Å². The Labute approximate surface area is 172 Å². The van der Waals surface area contributed by atoms with Gasteiger partial charge in [-0.05, 0) is 23.3 Å². The predicted octanol–water partition coefficient (Wildman–Crippen LogP) is 5.02. The first-order chi connectivity index (χ1) is 14.1. The van der Waals surface area contributed by atoms with Gasteiger partial charge in [0.2, 0.25) is 0 Å². The van der Waals surface area contributed by atoms with Gasteiger partial charge in [-0.15, -0.1) is 6.58 Å². The van der Waals surface area contributed by atoms with Gasteiger partial charge in [-0.1, -0.05) is 60.3 Å². The summed E-state index contributed by atoms with van der Waals surface area (Å²) in [6, 6.07) is 16.4. The maximum absolute atomic E-state index is 13.5. The molecule has 146 valence electrons.